The number of ether oxygens (including phenoxy) is 1. The van der Waals surface area contributed by atoms with Crippen molar-refractivity contribution in [1.82, 2.24) is 4.31 Å². The highest BCUT2D eigenvalue weighted by Gasteiger charge is 2.17. The molecule has 0 saturated heterocycles. The van der Waals surface area contributed by atoms with Gasteiger partial charge in [-0.3, -0.25) is 0 Å². The predicted octanol–water partition coefficient (Wildman–Crippen LogP) is 3.87. The molecule has 25 heavy (non-hydrogen) atoms. The van der Waals surface area contributed by atoms with Crippen LogP contribution in [0, 0.1) is 13.8 Å². The largest absolute Gasteiger partial charge is 0.492 e. The first-order chi connectivity index (χ1) is 11.8. The Kier molecular flexibility index (Phi) is 6.93. The third kappa shape index (κ3) is 5.49. The van der Waals surface area contributed by atoms with Gasteiger partial charge in [0.15, 0.2) is 0 Å². The minimum atomic E-state index is -3.38. The number of aryl methyl sites for hydroxylation is 2. The maximum atomic E-state index is 12.2. The smallest absolute Gasteiger partial charge is 0.242 e. The molecule has 2 aromatic carbocycles. The Labute approximate surface area is 155 Å². The van der Waals surface area contributed by atoms with Crippen molar-refractivity contribution in [2.45, 2.75) is 24.5 Å². The summed E-state index contributed by atoms with van der Waals surface area (Å²) in [5.74, 6) is 2.53. The van der Waals surface area contributed by atoms with Crippen LogP contribution < -0.4 is 4.74 Å². The zero-order chi connectivity index (χ0) is 18.4. The molecule has 0 spiro atoms. The number of rotatable bonds is 8. The summed E-state index contributed by atoms with van der Waals surface area (Å²) in [5.41, 5.74) is 3.32. The number of hydrogen-bond acceptors (Lipinski definition) is 4. The monoisotopic (exact) mass is 379 g/mol. The third-order valence-corrected chi connectivity index (χ3v) is 6.58. The lowest BCUT2D eigenvalue weighted by Crippen LogP contribution is -2.22. The minimum absolute atomic E-state index is 0.335. The molecule has 0 aliphatic carbocycles. The van der Waals surface area contributed by atoms with Crippen LogP contribution in [-0.4, -0.2) is 39.2 Å². The Morgan fingerprint density at radius 3 is 2.56 bits per heavy atom. The van der Waals surface area contributed by atoms with Crippen LogP contribution in [0.2, 0.25) is 0 Å². The van der Waals surface area contributed by atoms with Gasteiger partial charge in [0.1, 0.15) is 5.75 Å². The van der Waals surface area contributed by atoms with Gasteiger partial charge in [-0.1, -0.05) is 24.3 Å². The average molecular weight is 380 g/mol. The minimum Gasteiger partial charge on any atom is -0.492 e. The fourth-order valence-corrected chi connectivity index (χ4v) is 4.00. The zero-order valence-electron chi connectivity index (χ0n) is 15.2. The van der Waals surface area contributed by atoms with E-state index in [-0.39, 0.29) is 0 Å². The Balaban J connectivity index is 1.85. The second-order valence-electron chi connectivity index (χ2n) is 6.10. The van der Waals surface area contributed by atoms with Crippen LogP contribution in [0.1, 0.15) is 16.7 Å². The maximum Gasteiger partial charge on any atom is 0.242 e. The van der Waals surface area contributed by atoms with E-state index in [0.717, 1.165) is 28.4 Å². The van der Waals surface area contributed by atoms with E-state index in [1.54, 1.807) is 44.1 Å². The van der Waals surface area contributed by atoms with Gasteiger partial charge in [-0.15, -0.1) is 0 Å². The number of hydrogen-bond donors (Lipinski definition) is 0. The molecule has 4 nitrogen and oxygen atoms in total. The van der Waals surface area contributed by atoms with E-state index in [1.807, 2.05) is 13.0 Å². The fraction of sp³-hybridized carbons (Fsp3) is 0.368. The molecular weight excluding hydrogens is 354 g/mol. The molecule has 136 valence electrons. The van der Waals surface area contributed by atoms with Crippen molar-refractivity contribution < 1.29 is 13.2 Å². The van der Waals surface area contributed by atoms with Gasteiger partial charge < -0.3 is 4.74 Å². The highest BCUT2D eigenvalue weighted by atomic mass is 32.2. The normalized spacial score (nSPS) is 11.7. The molecular formula is C19H25NO3S2. The third-order valence-electron chi connectivity index (χ3n) is 3.77. The Bertz CT molecular complexity index is 817. The van der Waals surface area contributed by atoms with Crippen LogP contribution in [0.3, 0.4) is 0 Å². The van der Waals surface area contributed by atoms with Crippen molar-refractivity contribution in [2.75, 3.05) is 26.5 Å². The standard InChI is InChI=1S/C19H25NO3S2/c1-15-8-9-16(2)19(12-15)23-10-11-24-14-17-6-5-7-18(13-17)25(21,22)20(3)4/h5-9,12-13H,10-11,14H2,1-4H3. The molecule has 0 saturated carbocycles. The van der Waals surface area contributed by atoms with Crippen molar-refractivity contribution >= 4 is 21.8 Å². The summed E-state index contributed by atoms with van der Waals surface area (Å²) in [5, 5.41) is 0. The molecule has 0 aliphatic rings. The molecule has 0 heterocycles. The molecule has 6 heteroatoms. The maximum absolute atomic E-state index is 12.2. The fourth-order valence-electron chi connectivity index (χ4n) is 2.27. The van der Waals surface area contributed by atoms with Crippen LogP contribution >= 0.6 is 11.8 Å². The highest BCUT2D eigenvalue weighted by Crippen LogP contribution is 2.21. The molecule has 0 fully saturated rings. The lowest BCUT2D eigenvalue weighted by atomic mass is 10.1. The van der Waals surface area contributed by atoms with E-state index in [4.69, 9.17) is 4.74 Å². The van der Waals surface area contributed by atoms with Gasteiger partial charge in [0.05, 0.1) is 11.5 Å². The van der Waals surface area contributed by atoms with Gasteiger partial charge in [-0.05, 0) is 48.7 Å². The first-order valence-electron chi connectivity index (χ1n) is 8.10. The molecule has 0 N–H and O–H groups in total. The van der Waals surface area contributed by atoms with Crippen molar-refractivity contribution in [1.29, 1.82) is 0 Å². The SMILES string of the molecule is Cc1ccc(C)c(OCCSCc2cccc(S(=O)(=O)N(C)C)c2)c1. The van der Waals surface area contributed by atoms with Gasteiger partial charge in [0.25, 0.3) is 0 Å². The number of thioether (sulfide) groups is 1. The molecule has 2 rings (SSSR count). The number of sulfonamides is 1. The van der Waals surface area contributed by atoms with Crippen molar-refractivity contribution in [3.8, 4) is 5.75 Å². The topological polar surface area (TPSA) is 46.6 Å². The zero-order valence-corrected chi connectivity index (χ0v) is 16.8. The lowest BCUT2D eigenvalue weighted by Gasteiger charge is -2.12. The number of nitrogens with zero attached hydrogens (tertiary/aromatic N) is 1. The summed E-state index contributed by atoms with van der Waals surface area (Å²) in [6.07, 6.45) is 0. The van der Waals surface area contributed by atoms with E-state index >= 15 is 0 Å². The molecule has 0 aromatic heterocycles. The second-order valence-corrected chi connectivity index (χ2v) is 9.36. The van der Waals surface area contributed by atoms with Crippen LogP contribution in [0.5, 0.6) is 5.75 Å². The van der Waals surface area contributed by atoms with E-state index in [1.165, 1.54) is 9.87 Å². The summed E-state index contributed by atoms with van der Waals surface area (Å²) in [6.45, 7) is 4.72. The molecule has 2 aromatic rings. The Morgan fingerprint density at radius 2 is 1.84 bits per heavy atom. The van der Waals surface area contributed by atoms with E-state index in [0.29, 0.717) is 11.5 Å². The van der Waals surface area contributed by atoms with Crippen LogP contribution in [0.4, 0.5) is 0 Å². The average Bonchev–Trinajstić information content (AvgIpc) is 2.57. The van der Waals surface area contributed by atoms with Crippen molar-refractivity contribution in [3.63, 3.8) is 0 Å². The quantitative estimate of drug-likeness (QED) is 0.653. The highest BCUT2D eigenvalue weighted by molar-refractivity contribution is 7.98. The molecule has 0 unspecified atom stereocenters. The van der Waals surface area contributed by atoms with Crippen molar-refractivity contribution in [2.24, 2.45) is 0 Å². The Hall–Kier alpha value is -1.50. The molecule has 0 aliphatic heterocycles. The van der Waals surface area contributed by atoms with Gasteiger partial charge >= 0.3 is 0 Å². The van der Waals surface area contributed by atoms with Gasteiger partial charge in [-0.25, -0.2) is 12.7 Å². The van der Waals surface area contributed by atoms with Gasteiger partial charge in [-0.2, -0.15) is 11.8 Å². The summed E-state index contributed by atoms with van der Waals surface area (Å²) in [6, 6.07) is 13.3. The predicted molar refractivity (Wildman–Crippen MR) is 105 cm³/mol. The second kappa shape index (κ2) is 8.74. The summed E-state index contributed by atoms with van der Waals surface area (Å²) >= 11 is 1.73. The summed E-state index contributed by atoms with van der Waals surface area (Å²) in [7, 11) is -0.294. The molecule has 0 amide bonds. The lowest BCUT2D eigenvalue weighted by molar-refractivity contribution is 0.341. The summed E-state index contributed by atoms with van der Waals surface area (Å²) < 4.78 is 31.4. The molecule has 0 radical (unpaired) electrons. The first kappa shape index (κ1) is 19.8. The first-order valence-corrected chi connectivity index (χ1v) is 10.7. The number of benzene rings is 2. The van der Waals surface area contributed by atoms with Crippen molar-refractivity contribution in [3.05, 3.63) is 59.2 Å². The van der Waals surface area contributed by atoms with Crippen LogP contribution in [0.25, 0.3) is 0 Å². The van der Waals surface area contributed by atoms with Gasteiger partial charge in [0, 0.05) is 25.6 Å². The van der Waals surface area contributed by atoms with E-state index < -0.39 is 10.0 Å². The molecule has 0 bridgehead atoms. The van der Waals surface area contributed by atoms with Crippen LogP contribution in [0.15, 0.2) is 47.4 Å². The van der Waals surface area contributed by atoms with Crippen LogP contribution in [-0.2, 0) is 15.8 Å². The summed E-state index contributed by atoms with van der Waals surface area (Å²) in [4.78, 5) is 0.335. The van der Waals surface area contributed by atoms with E-state index in [2.05, 4.69) is 25.1 Å². The Morgan fingerprint density at radius 1 is 1.08 bits per heavy atom. The van der Waals surface area contributed by atoms with Gasteiger partial charge in [0.2, 0.25) is 10.0 Å². The van der Waals surface area contributed by atoms with E-state index in [9.17, 15) is 8.42 Å². The molecule has 0 atom stereocenters.